The van der Waals surface area contributed by atoms with E-state index in [-0.39, 0.29) is 11.7 Å². The highest BCUT2D eigenvalue weighted by molar-refractivity contribution is 6.47. The molecule has 5 nitrogen and oxygen atoms in total. The molecular weight excluding hydrogens is 268 g/mol. The van der Waals surface area contributed by atoms with Gasteiger partial charge < -0.3 is 0 Å². The van der Waals surface area contributed by atoms with E-state index in [0.717, 1.165) is 5.69 Å². The van der Waals surface area contributed by atoms with Gasteiger partial charge in [-0.15, -0.1) is 0 Å². The Labute approximate surface area is 123 Å². The van der Waals surface area contributed by atoms with Crippen molar-refractivity contribution in [2.45, 2.75) is 26.7 Å². The fraction of sp³-hybridized carbons (Fsp3) is 0.438. The Morgan fingerprint density at radius 3 is 2.43 bits per heavy atom. The van der Waals surface area contributed by atoms with Gasteiger partial charge in [0.25, 0.3) is 5.91 Å². The molecule has 0 unspecified atom stereocenters. The maximum absolute atomic E-state index is 12.6. The lowest BCUT2D eigenvalue weighted by Gasteiger charge is -2.33. The van der Waals surface area contributed by atoms with E-state index in [9.17, 15) is 14.4 Å². The molecule has 2 atom stereocenters. The molecule has 0 aliphatic heterocycles. The third kappa shape index (κ3) is 1.66. The molecule has 0 spiro atoms. The fourth-order valence-electron chi connectivity index (χ4n) is 3.84. The molecular formula is C16H18N2O3. The molecule has 0 heterocycles. The molecule has 2 N–H and O–H groups in total. The van der Waals surface area contributed by atoms with E-state index in [2.05, 4.69) is 10.9 Å². The van der Waals surface area contributed by atoms with Gasteiger partial charge in [0, 0.05) is 5.92 Å². The highest BCUT2D eigenvalue weighted by Crippen LogP contribution is 2.62. The Balaban J connectivity index is 1.83. The molecule has 0 radical (unpaired) electrons. The third-order valence-corrected chi connectivity index (χ3v) is 5.19. The standard InChI is InChI=1S/C16H18N2O3/c1-15(2)11-8-9-16(15,13(20)12(11)19)14(21)18-17-10-6-4-3-5-7-10/h3-7,11,17H,8-9H2,1-2H3,(H,18,21)/t11-,16-/m0/s1. The molecule has 21 heavy (non-hydrogen) atoms. The number of hydrogen-bond acceptors (Lipinski definition) is 4. The van der Waals surface area contributed by atoms with Gasteiger partial charge in [0.05, 0.1) is 5.69 Å². The number of carbonyl (C=O) groups excluding carboxylic acids is 3. The summed E-state index contributed by atoms with van der Waals surface area (Å²) in [6.07, 6.45) is 1.05. The number of Topliss-reactive ketones (excluding diaryl/α,β-unsaturated/α-hetero) is 2. The largest absolute Gasteiger partial charge is 0.299 e. The van der Waals surface area contributed by atoms with Crippen molar-refractivity contribution in [1.29, 1.82) is 0 Å². The summed E-state index contributed by atoms with van der Waals surface area (Å²) in [5.74, 6) is -1.65. The average molecular weight is 286 g/mol. The van der Waals surface area contributed by atoms with Crippen LogP contribution >= 0.6 is 0 Å². The van der Waals surface area contributed by atoms with Gasteiger partial charge in [0.2, 0.25) is 11.6 Å². The number of nitrogens with one attached hydrogen (secondary N) is 2. The van der Waals surface area contributed by atoms with Crippen molar-refractivity contribution in [3.05, 3.63) is 30.3 Å². The Hall–Kier alpha value is -2.17. The van der Waals surface area contributed by atoms with Gasteiger partial charge in [0.1, 0.15) is 5.41 Å². The lowest BCUT2D eigenvalue weighted by molar-refractivity contribution is -0.148. The van der Waals surface area contributed by atoms with E-state index in [1.54, 1.807) is 0 Å². The number of para-hydroxylation sites is 1. The normalized spacial score (nSPS) is 29.5. The van der Waals surface area contributed by atoms with Crippen LogP contribution in [-0.2, 0) is 14.4 Å². The molecule has 5 heteroatoms. The molecule has 1 aromatic carbocycles. The zero-order valence-electron chi connectivity index (χ0n) is 12.1. The van der Waals surface area contributed by atoms with Crippen molar-refractivity contribution < 1.29 is 14.4 Å². The molecule has 2 fully saturated rings. The lowest BCUT2D eigenvalue weighted by atomic mass is 9.68. The predicted molar refractivity (Wildman–Crippen MR) is 77.2 cm³/mol. The SMILES string of the molecule is CC1(C)[C@H]2CC[C@@]1(C(=O)NNc1ccccc1)C(=O)C2=O. The second-order valence-corrected chi connectivity index (χ2v) is 6.36. The molecule has 3 rings (SSSR count). The molecule has 2 aliphatic carbocycles. The minimum absolute atomic E-state index is 0.326. The first-order chi connectivity index (χ1) is 9.91. The zero-order valence-corrected chi connectivity index (χ0v) is 12.1. The number of amides is 1. The maximum Gasteiger partial charge on any atom is 0.253 e. The number of fused-ring (bicyclic) bond motifs is 2. The summed E-state index contributed by atoms with van der Waals surface area (Å²) < 4.78 is 0. The minimum atomic E-state index is -1.23. The molecule has 0 saturated heterocycles. The smallest absolute Gasteiger partial charge is 0.253 e. The molecule has 2 bridgehead atoms. The lowest BCUT2D eigenvalue weighted by Crippen LogP contribution is -2.51. The van der Waals surface area contributed by atoms with Crippen LogP contribution in [0.25, 0.3) is 0 Å². The van der Waals surface area contributed by atoms with Gasteiger partial charge in [-0.25, -0.2) is 0 Å². The van der Waals surface area contributed by atoms with Crippen LogP contribution in [0.3, 0.4) is 0 Å². The van der Waals surface area contributed by atoms with Gasteiger partial charge in [-0.3, -0.25) is 25.2 Å². The van der Waals surface area contributed by atoms with Crippen LogP contribution < -0.4 is 10.9 Å². The van der Waals surface area contributed by atoms with E-state index < -0.39 is 22.5 Å². The Bertz CT molecular complexity index is 624. The van der Waals surface area contributed by atoms with E-state index in [0.29, 0.717) is 12.8 Å². The van der Waals surface area contributed by atoms with Crippen LogP contribution in [0.1, 0.15) is 26.7 Å². The first-order valence-electron chi connectivity index (χ1n) is 7.11. The Morgan fingerprint density at radius 2 is 1.86 bits per heavy atom. The first-order valence-corrected chi connectivity index (χ1v) is 7.11. The van der Waals surface area contributed by atoms with Crippen molar-refractivity contribution in [2.75, 3.05) is 5.43 Å². The summed E-state index contributed by atoms with van der Waals surface area (Å²) in [7, 11) is 0. The fourth-order valence-corrected chi connectivity index (χ4v) is 3.84. The highest BCUT2D eigenvalue weighted by Gasteiger charge is 2.72. The number of hydrogen-bond donors (Lipinski definition) is 2. The van der Waals surface area contributed by atoms with Gasteiger partial charge in [0.15, 0.2) is 0 Å². The van der Waals surface area contributed by atoms with Crippen molar-refractivity contribution in [3.8, 4) is 0 Å². The molecule has 0 aromatic heterocycles. The van der Waals surface area contributed by atoms with Crippen molar-refractivity contribution in [3.63, 3.8) is 0 Å². The zero-order chi connectivity index (χ0) is 15.3. The number of ketones is 2. The van der Waals surface area contributed by atoms with Crippen LogP contribution in [-0.4, -0.2) is 17.5 Å². The Kier molecular flexibility index (Phi) is 2.90. The van der Waals surface area contributed by atoms with Crippen LogP contribution in [0, 0.1) is 16.7 Å². The molecule has 1 aromatic rings. The second kappa shape index (κ2) is 4.41. The second-order valence-electron chi connectivity index (χ2n) is 6.36. The number of carbonyl (C=O) groups is 3. The molecule has 110 valence electrons. The predicted octanol–water partition coefficient (Wildman–Crippen LogP) is 1.70. The van der Waals surface area contributed by atoms with E-state index in [1.165, 1.54) is 0 Å². The number of rotatable bonds is 3. The average Bonchev–Trinajstić information content (AvgIpc) is 2.82. The van der Waals surface area contributed by atoms with Crippen molar-refractivity contribution >= 4 is 23.2 Å². The summed E-state index contributed by atoms with van der Waals surface area (Å²) >= 11 is 0. The van der Waals surface area contributed by atoms with Crippen LogP contribution in [0.4, 0.5) is 5.69 Å². The van der Waals surface area contributed by atoms with Crippen LogP contribution in [0.15, 0.2) is 30.3 Å². The van der Waals surface area contributed by atoms with E-state index in [4.69, 9.17) is 0 Å². The maximum atomic E-state index is 12.6. The quantitative estimate of drug-likeness (QED) is 0.504. The molecule has 2 saturated carbocycles. The summed E-state index contributed by atoms with van der Waals surface area (Å²) in [4.78, 5) is 37.0. The van der Waals surface area contributed by atoms with Gasteiger partial charge in [-0.05, 0) is 30.4 Å². The van der Waals surface area contributed by atoms with Gasteiger partial charge in [-0.2, -0.15) is 0 Å². The van der Waals surface area contributed by atoms with Crippen molar-refractivity contribution in [2.24, 2.45) is 16.7 Å². The van der Waals surface area contributed by atoms with E-state index >= 15 is 0 Å². The molecule has 2 aliphatic rings. The number of benzene rings is 1. The first kappa shape index (κ1) is 13.8. The minimum Gasteiger partial charge on any atom is -0.299 e. The molecule has 1 amide bonds. The summed E-state index contributed by atoms with van der Waals surface area (Å²) in [6.45, 7) is 3.69. The summed E-state index contributed by atoms with van der Waals surface area (Å²) in [6, 6.07) is 9.17. The van der Waals surface area contributed by atoms with Crippen LogP contribution in [0.5, 0.6) is 0 Å². The monoisotopic (exact) mass is 286 g/mol. The third-order valence-electron chi connectivity index (χ3n) is 5.19. The highest BCUT2D eigenvalue weighted by atomic mass is 16.2. The summed E-state index contributed by atoms with van der Waals surface area (Å²) in [5.41, 5.74) is 4.29. The number of hydrazine groups is 1. The van der Waals surface area contributed by atoms with E-state index in [1.807, 2.05) is 44.2 Å². The van der Waals surface area contributed by atoms with Gasteiger partial charge in [-0.1, -0.05) is 32.0 Å². The van der Waals surface area contributed by atoms with Gasteiger partial charge >= 0.3 is 0 Å². The topological polar surface area (TPSA) is 75.3 Å². The van der Waals surface area contributed by atoms with Crippen LogP contribution in [0.2, 0.25) is 0 Å². The Morgan fingerprint density at radius 1 is 1.19 bits per heavy atom. The summed E-state index contributed by atoms with van der Waals surface area (Å²) in [5, 5.41) is 0. The number of anilines is 1. The van der Waals surface area contributed by atoms with Crippen molar-refractivity contribution in [1.82, 2.24) is 5.43 Å².